The van der Waals surface area contributed by atoms with Gasteiger partial charge in [-0.25, -0.2) is 9.13 Å². The van der Waals surface area contributed by atoms with Crippen molar-refractivity contribution in [2.75, 3.05) is 39.6 Å². The second-order valence-electron chi connectivity index (χ2n) is 25.2. The van der Waals surface area contributed by atoms with Crippen LogP contribution in [0.15, 0.2) is 24.3 Å². The minimum Gasteiger partial charge on any atom is -0.462 e. The zero-order chi connectivity index (χ0) is 66.3. The number of carbonyl (C=O) groups excluding carboxylic acids is 4. The van der Waals surface area contributed by atoms with Gasteiger partial charge in [-0.2, -0.15) is 0 Å². The molecule has 0 aromatic carbocycles. The summed E-state index contributed by atoms with van der Waals surface area (Å²) in [5, 5.41) is 10.6. The molecule has 0 aliphatic rings. The number of esters is 4. The Hall–Kier alpha value is -2.46. The molecule has 3 unspecified atom stereocenters. The van der Waals surface area contributed by atoms with Crippen LogP contribution in [0.2, 0.25) is 0 Å². The molecule has 19 heteroatoms. The molecule has 0 heterocycles. The molecule has 0 spiro atoms. The van der Waals surface area contributed by atoms with Crippen LogP contribution in [0.4, 0.5) is 0 Å². The average molecular weight is 1320 g/mol. The summed E-state index contributed by atoms with van der Waals surface area (Å²) >= 11 is 0. The topological polar surface area (TPSA) is 237 Å². The molecule has 0 rings (SSSR count). The van der Waals surface area contributed by atoms with Crippen molar-refractivity contribution in [3.63, 3.8) is 0 Å². The summed E-state index contributed by atoms with van der Waals surface area (Å²) in [6.07, 6.45) is 53.7. The van der Waals surface area contributed by atoms with Gasteiger partial charge in [0, 0.05) is 25.7 Å². The largest absolute Gasteiger partial charge is 0.472 e. The van der Waals surface area contributed by atoms with Crippen LogP contribution in [0.3, 0.4) is 0 Å². The van der Waals surface area contributed by atoms with Crippen molar-refractivity contribution in [3.05, 3.63) is 24.3 Å². The molecule has 0 aliphatic heterocycles. The summed E-state index contributed by atoms with van der Waals surface area (Å²) in [5.74, 6) is -1.44. The number of aliphatic hydroxyl groups excluding tert-OH is 1. The molecule has 6 atom stereocenters. The van der Waals surface area contributed by atoms with Gasteiger partial charge < -0.3 is 33.8 Å². The first-order chi connectivity index (χ1) is 43.6. The number of allylic oxidation sites excluding steroid dienone is 4. The van der Waals surface area contributed by atoms with Crippen molar-refractivity contribution in [2.45, 2.75) is 361 Å². The highest BCUT2D eigenvalue weighted by Crippen LogP contribution is 2.45. The fraction of sp³-hybridized carbons (Fsp3) is 0.887. The normalized spacial score (nSPS) is 14.5. The third kappa shape index (κ3) is 63.0. The van der Waals surface area contributed by atoms with Gasteiger partial charge in [-0.1, -0.05) is 290 Å². The molecular formula is C71H134O17P2. The number of hydrogen-bond acceptors (Lipinski definition) is 15. The molecular weight excluding hydrogens is 1190 g/mol. The number of rotatable bonds is 69. The lowest BCUT2D eigenvalue weighted by Gasteiger charge is -2.21. The number of unbranched alkanes of at least 4 members (excludes halogenated alkanes) is 37. The van der Waals surface area contributed by atoms with Crippen LogP contribution in [-0.2, 0) is 65.4 Å². The highest BCUT2D eigenvalue weighted by atomic mass is 31.2. The van der Waals surface area contributed by atoms with Crippen molar-refractivity contribution in [1.29, 1.82) is 0 Å². The molecule has 0 amide bonds. The molecule has 90 heavy (non-hydrogen) atoms. The Balaban J connectivity index is 5.25. The van der Waals surface area contributed by atoms with E-state index in [1.807, 2.05) is 0 Å². The van der Waals surface area contributed by atoms with E-state index in [1.165, 1.54) is 141 Å². The second-order valence-corrected chi connectivity index (χ2v) is 28.1. The molecule has 17 nitrogen and oxygen atoms in total. The van der Waals surface area contributed by atoms with Crippen LogP contribution < -0.4 is 0 Å². The molecule has 0 aliphatic carbocycles. The fourth-order valence-corrected chi connectivity index (χ4v) is 11.8. The molecule has 0 fully saturated rings. The SMILES string of the molecule is CCCCCC/C=C\C=C/CCCCCCCC(=O)OC[C@H](COP(=O)(O)OC[C@@H](O)COP(=O)(O)OC[C@@H](COC(=O)CCCCCCCCCC)OC(=O)CCCCCCCCC(C)CC)OC(=O)CCCCCCCCCCCCCCCCCCC. The predicted molar refractivity (Wildman–Crippen MR) is 363 cm³/mol. The van der Waals surface area contributed by atoms with E-state index in [0.717, 1.165) is 121 Å². The highest BCUT2D eigenvalue weighted by molar-refractivity contribution is 7.47. The van der Waals surface area contributed by atoms with Crippen molar-refractivity contribution in [1.82, 2.24) is 0 Å². The van der Waals surface area contributed by atoms with E-state index in [1.54, 1.807) is 0 Å². The summed E-state index contributed by atoms with van der Waals surface area (Å²) in [4.78, 5) is 72.4. The standard InChI is InChI=1S/C71H134O17P2/c1-6-10-13-16-19-22-24-26-28-29-31-33-35-37-40-46-51-56-70(75)87-66(60-82-69(74)55-50-45-39-36-34-32-30-27-25-23-20-17-14-11-7-2)62-85-89(77,78)83-58-65(72)59-84-90(79,80)86-63-67(61-81-68(73)54-49-44-38-21-18-15-12-8-3)88-71(76)57-52-47-42-41-43-48-53-64(5)9-4/h23,25,27,30,64-67,72H,6-22,24,26,28-29,31-63H2,1-5H3,(H,77,78)(H,79,80)/b25-23-,30-27-/t64?,65-,66-,67-/m1/s1. The van der Waals surface area contributed by atoms with Crippen LogP contribution in [0, 0.1) is 5.92 Å². The number of hydrogen-bond donors (Lipinski definition) is 3. The second kappa shape index (κ2) is 63.9. The summed E-state index contributed by atoms with van der Waals surface area (Å²) in [7, 11) is -9.91. The molecule has 0 radical (unpaired) electrons. The van der Waals surface area contributed by atoms with Crippen molar-refractivity contribution in [3.8, 4) is 0 Å². The van der Waals surface area contributed by atoms with E-state index >= 15 is 0 Å². The monoisotopic (exact) mass is 1320 g/mol. The summed E-state index contributed by atoms with van der Waals surface area (Å²) in [6.45, 7) is 7.11. The first kappa shape index (κ1) is 87.5. The number of aliphatic hydroxyl groups is 1. The molecule has 3 N–H and O–H groups in total. The Morgan fingerprint density at radius 3 is 0.944 bits per heavy atom. The van der Waals surface area contributed by atoms with Gasteiger partial charge in [0.25, 0.3) is 0 Å². The van der Waals surface area contributed by atoms with Gasteiger partial charge in [-0.05, 0) is 57.3 Å². The first-order valence-electron chi connectivity index (χ1n) is 36.5. The predicted octanol–water partition coefficient (Wildman–Crippen LogP) is 20.1. The van der Waals surface area contributed by atoms with Crippen LogP contribution in [-0.4, -0.2) is 96.7 Å². The van der Waals surface area contributed by atoms with Gasteiger partial charge in [0.15, 0.2) is 12.2 Å². The summed E-state index contributed by atoms with van der Waals surface area (Å²) < 4.78 is 68.2. The Morgan fingerprint density at radius 1 is 0.356 bits per heavy atom. The minimum atomic E-state index is -4.96. The number of ether oxygens (including phenoxy) is 4. The van der Waals surface area contributed by atoms with Gasteiger partial charge in [0.1, 0.15) is 19.3 Å². The van der Waals surface area contributed by atoms with Crippen LogP contribution in [0.25, 0.3) is 0 Å². The van der Waals surface area contributed by atoms with Crippen molar-refractivity contribution >= 4 is 39.5 Å². The average Bonchev–Trinajstić information content (AvgIpc) is 3.39. The Bertz CT molecular complexity index is 1830. The van der Waals surface area contributed by atoms with Crippen molar-refractivity contribution in [2.24, 2.45) is 5.92 Å². The van der Waals surface area contributed by atoms with E-state index in [9.17, 15) is 43.2 Å². The maximum atomic E-state index is 13.0. The molecule has 0 aromatic heterocycles. The molecule has 0 saturated heterocycles. The zero-order valence-corrected chi connectivity index (χ0v) is 59.5. The molecule has 0 bridgehead atoms. The number of phosphoric acid groups is 2. The van der Waals surface area contributed by atoms with Crippen LogP contribution in [0.1, 0.15) is 343 Å². The van der Waals surface area contributed by atoms with Gasteiger partial charge in [0.2, 0.25) is 0 Å². The zero-order valence-electron chi connectivity index (χ0n) is 57.8. The lowest BCUT2D eigenvalue weighted by atomic mass is 10.00. The summed E-state index contributed by atoms with van der Waals surface area (Å²) in [6, 6.07) is 0. The smallest absolute Gasteiger partial charge is 0.462 e. The third-order valence-corrected chi connectivity index (χ3v) is 18.2. The quantitative estimate of drug-likeness (QED) is 0.0169. The van der Waals surface area contributed by atoms with Crippen LogP contribution >= 0.6 is 15.6 Å². The summed E-state index contributed by atoms with van der Waals surface area (Å²) in [5.41, 5.74) is 0. The fourth-order valence-electron chi connectivity index (χ4n) is 10.2. The minimum absolute atomic E-state index is 0.101. The van der Waals surface area contributed by atoms with Gasteiger partial charge in [-0.15, -0.1) is 0 Å². The Kier molecular flexibility index (Phi) is 62.2. The van der Waals surface area contributed by atoms with E-state index < -0.39 is 97.5 Å². The lowest BCUT2D eigenvalue weighted by molar-refractivity contribution is -0.161. The van der Waals surface area contributed by atoms with E-state index in [0.29, 0.717) is 25.7 Å². The number of phosphoric ester groups is 2. The Labute approximate surface area is 548 Å². The lowest BCUT2D eigenvalue weighted by Crippen LogP contribution is -2.30. The maximum absolute atomic E-state index is 13.0. The Morgan fingerprint density at radius 2 is 0.622 bits per heavy atom. The van der Waals surface area contributed by atoms with Crippen LogP contribution in [0.5, 0.6) is 0 Å². The number of carbonyl (C=O) groups is 4. The van der Waals surface area contributed by atoms with E-state index in [4.69, 9.17) is 37.0 Å². The first-order valence-corrected chi connectivity index (χ1v) is 39.5. The maximum Gasteiger partial charge on any atom is 0.472 e. The van der Waals surface area contributed by atoms with Gasteiger partial charge in [0.05, 0.1) is 26.4 Å². The van der Waals surface area contributed by atoms with E-state index in [-0.39, 0.29) is 25.7 Å². The van der Waals surface area contributed by atoms with Gasteiger partial charge >= 0.3 is 39.5 Å². The molecule has 530 valence electrons. The van der Waals surface area contributed by atoms with Gasteiger partial charge in [-0.3, -0.25) is 37.3 Å². The van der Waals surface area contributed by atoms with E-state index in [2.05, 4.69) is 58.9 Å². The molecule has 0 aromatic rings. The highest BCUT2D eigenvalue weighted by Gasteiger charge is 2.30. The third-order valence-electron chi connectivity index (χ3n) is 16.3. The molecule has 0 saturated carbocycles. The van der Waals surface area contributed by atoms with Crippen molar-refractivity contribution < 1.29 is 80.2 Å².